The van der Waals surface area contributed by atoms with Crippen LogP contribution < -0.4 is 10.2 Å². The van der Waals surface area contributed by atoms with Crippen molar-refractivity contribution in [2.24, 2.45) is 0 Å². The summed E-state index contributed by atoms with van der Waals surface area (Å²) in [7, 11) is 0. The second kappa shape index (κ2) is 8.61. The molecular formula is C22H21FN4OS. The minimum Gasteiger partial charge on any atom is -0.352 e. The molecule has 148 valence electrons. The van der Waals surface area contributed by atoms with Crippen molar-refractivity contribution in [2.75, 3.05) is 22.5 Å². The van der Waals surface area contributed by atoms with Crippen LogP contribution in [0.25, 0.3) is 0 Å². The molecule has 0 spiro atoms. The quantitative estimate of drug-likeness (QED) is 0.506. The number of aromatic nitrogens is 2. The number of nitrogens with one attached hydrogen (secondary N) is 1. The normalized spacial score (nSPS) is 13.1. The van der Waals surface area contributed by atoms with E-state index in [1.54, 1.807) is 25.3 Å². The maximum absolute atomic E-state index is 13.9. The first-order valence-corrected chi connectivity index (χ1v) is 10.4. The molecule has 0 aliphatic carbocycles. The highest BCUT2D eigenvalue weighted by atomic mass is 32.2. The molecule has 0 atom stereocenters. The number of halogens is 1. The molecule has 1 aliphatic heterocycles. The van der Waals surface area contributed by atoms with Gasteiger partial charge in [-0.25, -0.2) is 14.4 Å². The molecule has 0 bridgehead atoms. The molecule has 7 heteroatoms. The molecule has 2 heterocycles. The summed E-state index contributed by atoms with van der Waals surface area (Å²) >= 11 is 1.24. The molecule has 1 aromatic heterocycles. The van der Waals surface area contributed by atoms with Crippen LogP contribution in [0.5, 0.6) is 0 Å². The Balaban J connectivity index is 1.37. The Bertz CT molecular complexity index is 1040. The van der Waals surface area contributed by atoms with Gasteiger partial charge in [0, 0.05) is 19.3 Å². The van der Waals surface area contributed by atoms with Gasteiger partial charge >= 0.3 is 0 Å². The van der Waals surface area contributed by atoms with Crippen molar-refractivity contribution in [3.63, 3.8) is 0 Å². The summed E-state index contributed by atoms with van der Waals surface area (Å²) in [5, 5.41) is 3.12. The fourth-order valence-corrected chi connectivity index (χ4v) is 3.93. The fraction of sp³-hybridized carbons (Fsp3) is 0.227. The van der Waals surface area contributed by atoms with Gasteiger partial charge in [-0.2, -0.15) is 0 Å². The molecular weight excluding hydrogens is 387 g/mol. The van der Waals surface area contributed by atoms with Gasteiger partial charge in [-0.15, -0.1) is 0 Å². The molecule has 1 N–H and O–H groups in total. The van der Waals surface area contributed by atoms with Crippen LogP contribution in [0, 0.1) is 12.7 Å². The summed E-state index contributed by atoms with van der Waals surface area (Å²) in [5.41, 5.74) is 3.68. The Morgan fingerprint density at radius 3 is 2.86 bits per heavy atom. The van der Waals surface area contributed by atoms with E-state index >= 15 is 0 Å². The van der Waals surface area contributed by atoms with E-state index in [1.165, 1.54) is 29.0 Å². The molecule has 3 aromatic rings. The zero-order chi connectivity index (χ0) is 20.2. The molecule has 0 saturated carbocycles. The average molecular weight is 409 g/mol. The number of carbonyl (C=O) groups is 1. The molecule has 1 amide bonds. The first-order chi connectivity index (χ1) is 14.1. The highest BCUT2D eigenvalue weighted by molar-refractivity contribution is 7.99. The number of thioether (sulfide) groups is 1. The van der Waals surface area contributed by atoms with Gasteiger partial charge in [0.25, 0.3) is 0 Å². The third kappa shape index (κ3) is 4.74. The van der Waals surface area contributed by atoms with Gasteiger partial charge in [0.05, 0.1) is 11.4 Å². The summed E-state index contributed by atoms with van der Waals surface area (Å²) in [6.07, 6.45) is 2.69. The first-order valence-electron chi connectivity index (χ1n) is 9.42. The lowest BCUT2D eigenvalue weighted by atomic mass is 10.00. The third-order valence-electron chi connectivity index (χ3n) is 4.80. The number of fused-ring (bicyclic) bond motifs is 1. The molecule has 29 heavy (non-hydrogen) atoms. The van der Waals surface area contributed by atoms with Crippen molar-refractivity contribution in [3.05, 3.63) is 77.2 Å². The van der Waals surface area contributed by atoms with E-state index < -0.39 is 5.82 Å². The van der Waals surface area contributed by atoms with Crippen molar-refractivity contribution in [2.45, 2.75) is 25.0 Å². The number of hydrogen-bond donors (Lipinski definition) is 1. The molecule has 0 fully saturated rings. The van der Waals surface area contributed by atoms with Crippen molar-refractivity contribution < 1.29 is 9.18 Å². The standard InChI is InChI=1S/C22H21FN4OS/c1-15-6-7-19(18(23)12-15)25-21(28)14-29-22-24-10-8-20(26-22)27-11-9-16-4-2-3-5-17(16)13-27/h2-8,10,12H,9,11,13-14H2,1H3,(H,25,28). The second-order valence-corrected chi connectivity index (χ2v) is 7.90. The molecule has 1 aliphatic rings. The van der Waals surface area contributed by atoms with Crippen molar-refractivity contribution in [1.29, 1.82) is 0 Å². The monoisotopic (exact) mass is 408 g/mol. The van der Waals surface area contributed by atoms with Gasteiger partial charge in [-0.05, 0) is 48.2 Å². The van der Waals surface area contributed by atoms with Crippen LogP contribution in [-0.2, 0) is 17.8 Å². The van der Waals surface area contributed by atoms with Crippen LogP contribution >= 0.6 is 11.8 Å². The van der Waals surface area contributed by atoms with E-state index in [1.807, 2.05) is 6.07 Å². The zero-order valence-corrected chi connectivity index (χ0v) is 16.9. The van der Waals surface area contributed by atoms with Crippen molar-refractivity contribution in [3.8, 4) is 0 Å². The number of aryl methyl sites for hydroxylation is 1. The Kier molecular flexibility index (Phi) is 5.76. The van der Waals surface area contributed by atoms with Gasteiger partial charge in [0.1, 0.15) is 11.6 Å². The molecule has 2 aromatic carbocycles. The molecule has 0 saturated heterocycles. The smallest absolute Gasteiger partial charge is 0.234 e. The predicted octanol–water partition coefficient (Wildman–Crippen LogP) is 4.22. The van der Waals surface area contributed by atoms with E-state index in [2.05, 4.69) is 44.5 Å². The van der Waals surface area contributed by atoms with E-state index in [0.29, 0.717) is 5.16 Å². The van der Waals surface area contributed by atoms with Crippen molar-refractivity contribution >= 4 is 29.2 Å². The number of nitrogens with zero attached hydrogens (tertiary/aromatic N) is 3. The Hall–Kier alpha value is -2.93. The maximum atomic E-state index is 13.9. The van der Waals surface area contributed by atoms with Crippen LogP contribution in [0.3, 0.4) is 0 Å². The van der Waals surface area contributed by atoms with Gasteiger partial charge in [0.15, 0.2) is 5.16 Å². The number of rotatable bonds is 5. The number of benzene rings is 2. The minimum absolute atomic E-state index is 0.111. The summed E-state index contributed by atoms with van der Waals surface area (Å²) < 4.78 is 13.9. The van der Waals surface area contributed by atoms with Gasteiger partial charge in [0.2, 0.25) is 5.91 Å². The lowest BCUT2D eigenvalue weighted by Crippen LogP contribution is -2.31. The van der Waals surface area contributed by atoms with Crippen LogP contribution in [0.4, 0.5) is 15.9 Å². The Morgan fingerprint density at radius 1 is 1.21 bits per heavy atom. The maximum Gasteiger partial charge on any atom is 0.234 e. The highest BCUT2D eigenvalue weighted by Gasteiger charge is 2.18. The number of carbonyl (C=O) groups excluding carboxylic acids is 1. The summed E-state index contributed by atoms with van der Waals surface area (Å²) in [5.74, 6) is 0.229. The summed E-state index contributed by atoms with van der Waals surface area (Å²) in [4.78, 5) is 23.3. The van der Waals surface area contributed by atoms with Crippen LogP contribution in [-0.4, -0.2) is 28.2 Å². The second-order valence-electron chi connectivity index (χ2n) is 6.96. The lowest BCUT2D eigenvalue weighted by molar-refractivity contribution is -0.113. The van der Waals surface area contributed by atoms with Crippen LogP contribution in [0.2, 0.25) is 0 Å². The fourth-order valence-electron chi connectivity index (χ4n) is 3.31. The van der Waals surface area contributed by atoms with Gasteiger partial charge in [-0.3, -0.25) is 4.79 Å². The van der Waals surface area contributed by atoms with Gasteiger partial charge in [-0.1, -0.05) is 42.1 Å². The molecule has 0 radical (unpaired) electrons. The topological polar surface area (TPSA) is 58.1 Å². The van der Waals surface area contributed by atoms with Crippen LogP contribution in [0.1, 0.15) is 16.7 Å². The summed E-state index contributed by atoms with van der Waals surface area (Å²) in [6.45, 7) is 3.51. The van der Waals surface area contributed by atoms with Crippen LogP contribution in [0.15, 0.2) is 59.9 Å². The predicted molar refractivity (Wildman–Crippen MR) is 114 cm³/mol. The SMILES string of the molecule is Cc1ccc(NC(=O)CSc2nccc(N3CCc4ccccc4C3)n2)c(F)c1. The molecule has 5 nitrogen and oxygen atoms in total. The van der Waals surface area contributed by atoms with E-state index in [-0.39, 0.29) is 17.3 Å². The zero-order valence-electron chi connectivity index (χ0n) is 16.1. The van der Waals surface area contributed by atoms with E-state index in [0.717, 1.165) is 30.9 Å². The Labute approximate surface area is 173 Å². The lowest BCUT2D eigenvalue weighted by Gasteiger charge is -2.29. The van der Waals surface area contributed by atoms with Gasteiger partial charge < -0.3 is 10.2 Å². The third-order valence-corrected chi connectivity index (χ3v) is 5.67. The number of anilines is 2. The molecule has 0 unspecified atom stereocenters. The number of hydrogen-bond acceptors (Lipinski definition) is 5. The molecule has 4 rings (SSSR count). The van der Waals surface area contributed by atoms with E-state index in [4.69, 9.17) is 0 Å². The van der Waals surface area contributed by atoms with E-state index in [9.17, 15) is 9.18 Å². The largest absolute Gasteiger partial charge is 0.352 e. The minimum atomic E-state index is -0.438. The Morgan fingerprint density at radius 2 is 2.03 bits per heavy atom. The average Bonchev–Trinajstić information content (AvgIpc) is 2.74. The highest BCUT2D eigenvalue weighted by Crippen LogP contribution is 2.24. The summed E-state index contributed by atoms with van der Waals surface area (Å²) in [6, 6.07) is 15.1. The number of amides is 1. The first kappa shape index (κ1) is 19.4. The van der Waals surface area contributed by atoms with Crippen molar-refractivity contribution in [1.82, 2.24) is 9.97 Å².